The van der Waals surface area contributed by atoms with Gasteiger partial charge in [-0.05, 0) is 31.0 Å². The minimum atomic E-state index is -3.78. The monoisotopic (exact) mass is 299 g/mol. The highest BCUT2D eigenvalue weighted by atomic mass is 32.2. The van der Waals surface area contributed by atoms with E-state index < -0.39 is 10.0 Å². The number of nitrogen functional groups attached to an aromatic ring is 1. The second kappa shape index (κ2) is 7.28. The first-order valence-corrected chi connectivity index (χ1v) is 7.76. The molecule has 1 aromatic carbocycles. The predicted molar refractivity (Wildman–Crippen MR) is 81.1 cm³/mol. The van der Waals surface area contributed by atoms with E-state index in [1.165, 1.54) is 6.07 Å². The maximum atomic E-state index is 11.5. The summed E-state index contributed by atoms with van der Waals surface area (Å²) in [5, 5.41) is 8.25. The van der Waals surface area contributed by atoms with Crippen molar-refractivity contribution >= 4 is 21.4 Å². The molecule has 0 aliphatic heterocycles. The van der Waals surface area contributed by atoms with Crippen LogP contribution in [0, 0.1) is 6.92 Å². The largest absolute Gasteiger partial charge is 0.399 e. The molecule has 0 amide bonds. The maximum Gasteiger partial charge on any atom is 0.238 e. The first-order chi connectivity index (χ1) is 9.36. The Morgan fingerprint density at radius 3 is 2.70 bits per heavy atom. The lowest BCUT2D eigenvalue weighted by Gasteiger charge is -2.13. The van der Waals surface area contributed by atoms with E-state index in [4.69, 9.17) is 15.6 Å². The number of anilines is 2. The van der Waals surface area contributed by atoms with Crippen molar-refractivity contribution in [1.29, 1.82) is 0 Å². The molecule has 0 fully saturated rings. The summed E-state index contributed by atoms with van der Waals surface area (Å²) >= 11 is 0. The number of ether oxygens (including phenoxy) is 1. The highest BCUT2D eigenvalue weighted by molar-refractivity contribution is 7.89. The molecule has 1 rings (SSSR count). The lowest BCUT2D eigenvalue weighted by Crippen LogP contribution is -2.16. The Balaban J connectivity index is 2.71. The van der Waals surface area contributed by atoms with Crippen LogP contribution >= 0.6 is 0 Å². The second-order valence-electron chi connectivity index (χ2n) is 4.35. The molecule has 0 aromatic heterocycles. The van der Waals surface area contributed by atoms with Crippen LogP contribution in [0.15, 0.2) is 29.7 Å². The summed E-state index contributed by atoms with van der Waals surface area (Å²) in [5.74, 6) is 0. The molecule has 112 valence electrons. The van der Waals surface area contributed by atoms with E-state index in [0.29, 0.717) is 36.7 Å². The van der Waals surface area contributed by atoms with Crippen LogP contribution in [0.1, 0.15) is 12.0 Å². The zero-order valence-electron chi connectivity index (χ0n) is 11.6. The third-order valence-corrected chi connectivity index (χ3v) is 3.75. The van der Waals surface area contributed by atoms with E-state index in [2.05, 4.69) is 11.9 Å². The molecule has 0 radical (unpaired) electrons. The fraction of sp³-hybridized carbons (Fsp3) is 0.385. The average molecular weight is 299 g/mol. The van der Waals surface area contributed by atoms with Crippen LogP contribution in [0.25, 0.3) is 0 Å². The summed E-state index contributed by atoms with van der Waals surface area (Å²) in [6.45, 7) is 6.95. The van der Waals surface area contributed by atoms with E-state index in [9.17, 15) is 8.42 Å². The van der Waals surface area contributed by atoms with Gasteiger partial charge in [0.2, 0.25) is 10.0 Å². The van der Waals surface area contributed by atoms with E-state index in [1.807, 2.05) is 0 Å². The Bertz CT molecular complexity index is 570. The van der Waals surface area contributed by atoms with Crippen LogP contribution in [0.4, 0.5) is 11.4 Å². The van der Waals surface area contributed by atoms with Gasteiger partial charge in [-0.1, -0.05) is 6.08 Å². The molecule has 0 aliphatic carbocycles. The van der Waals surface area contributed by atoms with E-state index in [1.54, 1.807) is 19.1 Å². The number of sulfonamides is 1. The lowest BCUT2D eigenvalue weighted by atomic mass is 10.2. The van der Waals surface area contributed by atoms with Crippen LogP contribution in [0.5, 0.6) is 0 Å². The van der Waals surface area contributed by atoms with Crippen molar-refractivity contribution in [2.24, 2.45) is 5.14 Å². The van der Waals surface area contributed by atoms with Gasteiger partial charge in [0.05, 0.1) is 18.1 Å². The Morgan fingerprint density at radius 1 is 1.40 bits per heavy atom. The number of nitrogens with one attached hydrogen (secondary N) is 1. The fourth-order valence-electron chi connectivity index (χ4n) is 1.71. The smallest absolute Gasteiger partial charge is 0.238 e. The quantitative estimate of drug-likeness (QED) is 0.380. The first-order valence-electron chi connectivity index (χ1n) is 6.21. The molecule has 0 unspecified atom stereocenters. The summed E-state index contributed by atoms with van der Waals surface area (Å²) in [6.07, 6.45) is 2.58. The van der Waals surface area contributed by atoms with Gasteiger partial charge >= 0.3 is 0 Å². The van der Waals surface area contributed by atoms with Crippen molar-refractivity contribution in [3.63, 3.8) is 0 Å². The Morgan fingerprint density at radius 2 is 2.10 bits per heavy atom. The first kappa shape index (κ1) is 16.5. The van der Waals surface area contributed by atoms with Gasteiger partial charge < -0.3 is 15.8 Å². The van der Waals surface area contributed by atoms with Crippen molar-refractivity contribution in [2.75, 3.05) is 30.8 Å². The summed E-state index contributed by atoms with van der Waals surface area (Å²) in [5.41, 5.74) is 7.22. The summed E-state index contributed by atoms with van der Waals surface area (Å²) < 4.78 is 28.3. The zero-order chi connectivity index (χ0) is 15.2. The van der Waals surface area contributed by atoms with Crippen LogP contribution in [-0.4, -0.2) is 28.2 Å². The molecule has 6 nitrogen and oxygen atoms in total. The van der Waals surface area contributed by atoms with Gasteiger partial charge in [-0.3, -0.25) is 0 Å². The van der Waals surface area contributed by atoms with Gasteiger partial charge in [0.25, 0.3) is 0 Å². The topological polar surface area (TPSA) is 107 Å². The Labute approximate surface area is 119 Å². The normalized spacial score (nSPS) is 11.3. The molecule has 0 heterocycles. The standard InChI is InChI=1S/C13H21N3O3S/c1-3-4-6-19-7-5-16-12-8-11(14)9-13(10(12)2)20(15,17)18/h3,8-9,16H,1,4-7,14H2,2H3,(H2,15,17,18). The number of primary sulfonamides is 1. The molecule has 5 N–H and O–H groups in total. The summed E-state index contributed by atoms with van der Waals surface area (Å²) in [6, 6.07) is 3.03. The molecule has 0 atom stereocenters. The zero-order valence-corrected chi connectivity index (χ0v) is 12.4. The van der Waals surface area contributed by atoms with Gasteiger partial charge in [0.1, 0.15) is 0 Å². The number of nitrogens with two attached hydrogens (primary N) is 2. The van der Waals surface area contributed by atoms with Crippen molar-refractivity contribution in [3.8, 4) is 0 Å². The summed E-state index contributed by atoms with van der Waals surface area (Å²) in [4.78, 5) is 0.0348. The third-order valence-electron chi connectivity index (χ3n) is 2.72. The molecular formula is C13H21N3O3S. The number of hydrogen-bond acceptors (Lipinski definition) is 5. The van der Waals surface area contributed by atoms with E-state index in [0.717, 1.165) is 6.42 Å². The molecule has 7 heteroatoms. The van der Waals surface area contributed by atoms with Crippen LogP contribution in [0.3, 0.4) is 0 Å². The van der Waals surface area contributed by atoms with Gasteiger partial charge in [0.15, 0.2) is 0 Å². The predicted octanol–water partition coefficient (Wildman–Crippen LogP) is 1.23. The van der Waals surface area contributed by atoms with Crippen molar-refractivity contribution in [2.45, 2.75) is 18.2 Å². The van der Waals surface area contributed by atoms with E-state index >= 15 is 0 Å². The minimum absolute atomic E-state index is 0.0348. The third kappa shape index (κ3) is 4.84. The van der Waals surface area contributed by atoms with Crippen LogP contribution in [-0.2, 0) is 14.8 Å². The summed E-state index contributed by atoms with van der Waals surface area (Å²) in [7, 11) is -3.78. The highest BCUT2D eigenvalue weighted by Gasteiger charge is 2.15. The Hall–Kier alpha value is -1.57. The molecule has 1 aromatic rings. The fourth-order valence-corrected chi connectivity index (χ4v) is 2.55. The SMILES string of the molecule is C=CCCOCCNc1cc(N)cc(S(N)(=O)=O)c1C. The number of benzene rings is 1. The molecule has 0 saturated heterocycles. The molecular weight excluding hydrogens is 278 g/mol. The van der Waals surface area contributed by atoms with Crippen molar-refractivity contribution in [1.82, 2.24) is 0 Å². The van der Waals surface area contributed by atoms with E-state index in [-0.39, 0.29) is 4.90 Å². The van der Waals surface area contributed by atoms with Crippen molar-refractivity contribution < 1.29 is 13.2 Å². The number of hydrogen-bond donors (Lipinski definition) is 3. The average Bonchev–Trinajstić information content (AvgIpc) is 2.35. The van der Waals surface area contributed by atoms with Gasteiger partial charge in [0, 0.05) is 17.9 Å². The van der Waals surface area contributed by atoms with Gasteiger partial charge in [-0.15, -0.1) is 6.58 Å². The number of rotatable bonds is 8. The molecule has 0 aliphatic rings. The molecule has 0 spiro atoms. The van der Waals surface area contributed by atoms with Gasteiger partial charge in [-0.2, -0.15) is 0 Å². The lowest BCUT2D eigenvalue weighted by molar-refractivity contribution is 0.149. The van der Waals surface area contributed by atoms with Gasteiger partial charge in [-0.25, -0.2) is 13.6 Å². The van der Waals surface area contributed by atoms with Crippen LogP contribution in [0.2, 0.25) is 0 Å². The minimum Gasteiger partial charge on any atom is -0.399 e. The molecule has 0 bridgehead atoms. The Kier molecular flexibility index (Phi) is 6.00. The second-order valence-corrected chi connectivity index (χ2v) is 5.88. The van der Waals surface area contributed by atoms with Crippen molar-refractivity contribution in [3.05, 3.63) is 30.4 Å². The molecule has 20 heavy (non-hydrogen) atoms. The maximum absolute atomic E-state index is 11.5. The highest BCUT2D eigenvalue weighted by Crippen LogP contribution is 2.25. The molecule has 0 saturated carbocycles. The van der Waals surface area contributed by atoms with Crippen LogP contribution < -0.4 is 16.2 Å².